The minimum absolute atomic E-state index is 0.0486. The van der Waals surface area contributed by atoms with Gasteiger partial charge in [0, 0.05) is 32.6 Å². The fraction of sp³-hybridized carbons (Fsp3) is 0.409. The first kappa shape index (κ1) is 19.2. The molecule has 2 heterocycles. The Morgan fingerprint density at radius 3 is 1.93 bits per heavy atom. The second-order valence-corrected chi connectivity index (χ2v) is 9.83. The molecule has 0 aliphatic carbocycles. The zero-order chi connectivity index (χ0) is 19.6. The Labute approximate surface area is 167 Å². The van der Waals surface area contributed by atoms with Crippen molar-refractivity contribution >= 4 is 15.9 Å². The van der Waals surface area contributed by atoms with Crippen molar-refractivity contribution in [2.75, 3.05) is 26.2 Å². The van der Waals surface area contributed by atoms with Gasteiger partial charge in [0.25, 0.3) is 0 Å². The molecule has 2 saturated heterocycles. The summed E-state index contributed by atoms with van der Waals surface area (Å²) >= 11 is 0. The average Bonchev–Trinajstić information content (AvgIpc) is 3.27. The van der Waals surface area contributed by atoms with Crippen LogP contribution in [0.2, 0.25) is 0 Å². The molecule has 2 aromatic rings. The second kappa shape index (κ2) is 8.05. The Kier molecular flexibility index (Phi) is 5.51. The molecule has 4 rings (SSSR count). The summed E-state index contributed by atoms with van der Waals surface area (Å²) in [4.78, 5) is 14.5. The molecule has 0 radical (unpaired) electrons. The Hall–Kier alpha value is -2.18. The molecular formula is C22H26N2O3S. The molecule has 2 aliphatic rings. The van der Waals surface area contributed by atoms with E-state index in [1.54, 1.807) is 4.31 Å². The zero-order valence-electron chi connectivity index (χ0n) is 15.9. The standard InChI is InChI=1S/C22H26N2O3S/c25-22(12-11-18-7-3-1-4-8-18)23-13-20-15-24(16-21(20)14-23)28(26,27)17-19-9-5-2-6-10-19/h1-10,20-21H,11-17H2. The number of nitrogens with zero attached hydrogens (tertiary/aromatic N) is 2. The van der Waals surface area contributed by atoms with Crippen LogP contribution in [0.5, 0.6) is 0 Å². The Morgan fingerprint density at radius 1 is 0.821 bits per heavy atom. The van der Waals surface area contributed by atoms with E-state index in [4.69, 9.17) is 0 Å². The van der Waals surface area contributed by atoms with Crippen molar-refractivity contribution < 1.29 is 13.2 Å². The Bertz CT molecular complexity index is 901. The molecule has 2 aromatic carbocycles. The van der Waals surface area contributed by atoms with E-state index >= 15 is 0 Å². The van der Waals surface area contributed by atoms with Gasteiger partial charge in [-0.3, -0.25) is 4.79 Å². The van der Waals surface area contributed by atoms with Crippen LogP contribution in [0.25, 0.3) is 0 Å². The van der Waals surface area contributed by atoms with Crippen molar-refractivity contribution in [1.29, 1.82) is 0 Å². The summed E-state index contributed by atoms with van der Waals surface area (Å²) in [6, 6.07) is 19.4. The van der Waals surface area contributed by atoms with Crippen LogP contribution in [0.3, 0.4) is 0 Å². The molecular weight excluding hydrogens is 372 g/mol. The van der Waals surface area contributed by atoms with Crippen molar-refractivity contribution in [2.24, 2.45) is 11.8 Å². The minimum atomic E-state index is -3.31. The molecule has 0 aromatic heterocycles. The highest BCUT2D eigenvalue weighted by molar-refractivity contribution is 7.88. The van der Waals surface area contributed by atoms with Gasteiger partial charge >= 0.3 is 0 Å². The molecule has 0 bridgehead atoms. The number of fused-ring (bicyclic) bond motifs is 1. The first-order valence-electron chi connectivity index (χ1n) is 9.85. The summed E-state index contributed by atoms with van der Waals surface area (Å²) < 4.78 is 27.1. The van der Waals surface area contributed by atoms with Gasteiger partial charge in [-0.2, -0.15) is 0 Å². The molecule has 0 spiro atoms. The summed E-state index contributed by atoms with van der Waals surface area (Å²) in [5.74, 6) is 0.738. The second-order valence-electron chi connectivity index (χ2n) is 7.86. The van der Waals surface area contributed by atoms with E-state index in [-0.39, 0.29) is 23.5 Å². The molecule has 2 atom stereocenters. The monoisotopic (exact) mass is 398 g/mol. The van der Waals surface area contributed by atoms with E-state index < -0.39 is 10.0 Å². The lowest BCUT2D eigenvalue weighted by atomic mass is 10.0. The Morgan fingerprint density at radius 2 is 1.36 bits per heavy atom. The van der Waals surface area contributed by atoms with Gasteiger partial charge in [-0.15, -0.1) is 0 Å². The molecule has 6 heteroatoms. The fourth-order valence-electron chi connectivity index (χ4n) is 4.31. The number of rotatable bonds is 6. The van der Waals surface area contributed by atoms with E-state index in [1.807, 2.05) is 65.6 Å². The van der Waals surface area contributed by atoms with Crippen molar-refractivity contribution in [3.63, 3.8) is 0 Å². The SMILES string of the molecule is O=C(CCc1ccccc1)N1CC2CN(S(=O)(=O)Cc3ccccc3)CC2C1. The van der Waals surface area contributed by atoms with Crippen LogP contribution in [-0.2, 0) is 27.0 Å². The van der Waals surface area contributed by atoms with Crippen LogP contribution in [0.4, 0.5) is 0 Å². The van der Waals surface area contributed by atoms with E-state index in [2.05, 4.69) is 0 Å². The molecule has 28 heavy (non-hydrogen) atoms. The van der Waals surface area contributed by atoms with Crippen molar-refractivity contribution in [3.8, 4) is 0 Å². The highest BCUT2D eigenvalue weighted by atomic mass is 32.2. The van der Waals surface area contributed by atoms with Gasteiger partial charge in [0.1, 0.15) is 0 Å². The Balaban J connectivity index is 1.30. The van der Waals surface area contributed by atoms with Crippen molar-refractivity contribution in [3.05, 3.63) is 71.8 Å². The number of benzene rings is 2. The first-order valence-corrected chi connectivity index (χ1v) is 11.5. The number of hydrogen-bond donors (Lipinski definition) is 0. The van der Waals surface area contributed by atoms with Crippen LogP contribution in [0.15, 0.2) is 60.7 Å². The largest absolute Gasteiger partial charge is 0.342 e. The van der Waals surface area contributed by atoms with Gasteiger partial charge in [0.15, 0.2) is 0 Å². The van der Waals surface area contributed by atoms with Gasteiger partial charge in [0.05, 0.1) is 5.75 Å². The maximum absolute atomic E-state index is 12.8. The normalized spacial score (nSPS) is 22.4. The number of carbonyl (C=O) groups excluding carboxylic acids is 1. The molecule has 0 saturated carbocycles. The summed E-state index contributed by atoms with van der Waals surface area (Å²) in [5, 5.41) is 0. The summed E-state index contributed by atoms with van der Waals surface area (Å²) in [6.07, 6.45) is 1.27. The summed E-state index contributed by atoms with van der Waals surface area (Å²) in [5.41, 5.74) is 1.99. The number of sulfonamides is 1. The van der Waals surface area contributed by atoms with E-state index in [9.17, 15) is 13.2 Å². The lowest BCUT2D eigenvalue weighted by Crippen LogP contribution is -2.36. The third-order valence-electron chi connectivity index (χ3n) is 5.86. The molecule has 2 aliphatic heterocycles. The van der Waals surface area contributed by atoms with Gasteiger partial charge in [-0.25, -0.2) is 12.7 Å². The number of aryl methyl sites for hydroxylation is 1. The van der Waals surface area contributed by atoms with Crippen LogP contribution < -0.4 is 0 Å². The maximum Gasteiger partial charge on any atom is 0.222 e. The van der Waals surface area contributed by atoms with E-state index in [0.717, 1.165) is 12.0 Å². The predicted molar refractivity (Wildman–Crippen MR) is 109 cm³/mol. The smallest absolute Gasteiger partial charge is 0.222 e. The highest BCUT2D eigenvalue weighted by Gasteiger charge is 2.44. The molecule has 2 unspecified atom stereocenters. The van der Waals surface area contributed by atoms with Crippen LogP contribution >= 0.6 is 0 Å². The predicted octanol–water partition coefficient (Wildman–Crippen LogP) is 2.54. The topological polar surface area (TPSA) is 57.7 Å². The minimum Gasteiger partial charge on any atom is -0.342 e. The molecule has 2 fully saturated rings. The van der Waals surface area contributed by atoms with Gasteiger partial charge in [-0.05, 0) is 29.4 Å². The lowest BCUT2D eigenvalue weighted by molar-refractivity contribution is -0.130. The highest BCUT2D eigenvalue weighted by Crippen LogP contribution is 2.33. The number of amides is 1. The average molecular weight is 399 g/mol. The summed E-state index contributed by atoms with van der Waals surface area (Å²) in [7, 11) is -3.31. The van der Waals surface area contributed by atoms with Crippen molar-refractivity contribution in [2.45, 2.75) is 18.6 Å². The number of likely N-dealkylation sites (tertiary alicyclic amines) is 1. The maximum atomic E-state index is 12.8. The molecule has 0 N–H and O–H groups in total. The molecule has 1 amide bonds. The van der Waals surface area contributed by atoms with Gasteiger partial charge in [0.2, 0.25) is 15.9 Å². The zero-order valence-corrected chi connectivity index (χ0v) is 16.7. The number of carbonyl (C=O) groups is 1. The van der Waals surface area contributed by atoms with E-state index in [1.165, 1.54) is 5.56 Å². The van der Waals surface area contributed by atoms with E-state index in [0.29, 0.717) is 32.6 Å². The van der Waals surface area contributed by atoms with Crippen LogP contribution in [0, 0.1) is 11.8 Å². The number of hydrogen-bond acceptors (Lipinski definition) is 3. The summed E-state index contributed by atoms with van der Waals surface area (Å²) in [6.45, 7) is 2.41. The third kappa shape index (κ3) is 4.28. The first-order chi connectivity index (χ1) is 13.5. The van der Waals surface area contributed by atoms with Crippen LogP contribution in [0.1, 0.15) is 17.5 Å². The molecule has 148 valence electrons. The fourth-order valence-corrected chi connectivity index (χ4v) is 5.94. The van der Waals surface area contributed by atoms with Crippen LogP contribution in [-0.4, -0.2) is 49.7 Å². The van der Waals surface area contributed by atoms with Gasteiger partial charge in [-0.1, -0.05) is 60.7 Å². The van der Waals surface area contributed by atoms with Gasteiger partial charge < -0.3 is 4.90 Å². The lowest BCUT2D eigenvalue weighted by Gasteiger charge is -2.21. The quantitative estimate of drug-likeness (QED) is 0.751. The van der Waals surface area contributed by atoms with Crippen molar-refractivity contribution in [1.82, 2.24) is 9.21 Å². The molecule has 5 nitrogen and oxygen atoms in total. The third-order valence-corrected chi connectivity index (χ3v) is 7.64.